The average Bonchev–Trinajstić information content (AvgIpc) is 2.68. The lowest BCUT2D eigenvalue weighted by Gasteiger charge is -2.29. The Morgan fingerprint density at radius 1 is 1.24 bits per heavy atom. The number of halogens is 1. The van der Waals surface area contributed by atoms with Crippen LogP contribution in [0.2, 0.25) is 0 Å². The third kappa shape index (κ3) is 4.25. The maximum Gasteiger partial charge on any atom is 0.270 e. The van der Waals surface area contributed by atoms with Crippen LogP contribution in [-0.2, 0) is 9.59 Å². The molecule has 2 aromatic rings. The molecule has 2 aromatic carbocycles. The van der Waals surface area contributed by atoms with Gasteiger partial charge in [-0.25, -0.2) is 0 Å². The summed E-state index contributed by atoms with van der Waals surface area (Å²) in [7, 11) is 1.54. The molecule has 0 aliphatic carbocycles. The first-order valence-electron chi connectivity index (χ1n) is 8.56. The fourth-order valence-corrected chi connectivity index (χ4v) is 3.45. The van der Waals surface area contributed by atoms with Crippen molar-refractivity contribution in [2.75, 3.05) is 18.6 Å². The van der Waals surface area contributed by atoms with Gasteiger partial charge >= 0.3 is 0 Å². The summed E-state index contributed by atoms with van der Waals surface area (Å²) in [4.78, 5) is 26.8. The van der Waals surface area contributed by atoms with Gasteiger partial charge in [-0.3, -0.25) is 19.8 Å². The van der Waals surface area contributed by atoms with Crippen molar-refractivity contribution in [2.24, 2.45) is 0 Å². The molecule has 0 atom stereocenters. The lowest BCUT2D eigenvalue weighted by molar-refractivity contribution is -0.122. The first-order chi connectivity index (χ1) is 13.8. The highest BCUT2D eigenvalue weighted by Crippen LogP contribution is 2.34. The molecule has 7 nitrogen and oxygen atoms in total. The molecule has 2 N–H and O–H groups in total. The number of amides is 2. The third-order valence-electron chi connectivity index (χ3n) is 4.11. The smallest absolute Gasteiger partial charge is 0.270 e. The number of aromatic hydroxyl groups is 1. The van der Waals surface area contributed by atoms with Crippen molar-refractivity contribution in [3.63, 3.8) is 0 Å². The highest BCUT2D eigenvalue weighted by molar-refractivity contribution is 9.10. The van der Waals surface area contributed by atoms with Gasteiger partial charge in [-0.15, -0.1) is 0 Å². The average molecular weight is 477 g/mol. The van der Waals surface area contributed by atoms with Gasteiger partial charge in [-0.05, 0) is 67.2 Å². The zero-order valence-electron chi connectivity index (χ0n) is 15.6. The number of hydrogen-bond acceptors (Lipinski definition) is 6. The Balaban J connectivity index is 2.02. The molecular formula is C20H17BrN2O5S. The van der Waals surface area contributed by atoms with Crippen LogP contribution in [0.25, 0.3) is 6.08 Å². The van der Waals surface area contributed by atoms with Gasteiger partial charge < -0.3 is 14.6 Å². The number of benzene rings is 2. The number of phenolic OH excluding ortho intramolecular Hbond substituents is 1. The summed E-state index contributed by atoms with van der Waals surface area (Å²) in [6.45, 7) is 2.13. The van der Waals surface area contributed by atoms with Gasteiger partial charge in [-0.2, -0.15) is 0 Å². The van der Waals surface area contributed by atoms with Crippen LogP contribution < -0.4 is 19.7 Å². The maximum atomic E-state index is 13.1. The van der Waals surface area contributed by atoms with Crippen LogP contribution in [0.5, 0.6) is 17.2 Å². The van der Waals surface area contributed by atoms with Crippen LogP contribution >= 0.6 is 28.1 Å². The Hall–Kier alpha value is -2.91. The fraction of sp³-hybridized carbons (Fsp3) is 0.150. The van der Waals surface area contributed by atoms with Gasteiger partial charge in [0.15, 0.2) is 16.6 Å². The van der Waals surface area contributed by atoms with Gasteiger partial charge in [0.05, 0.1) is 19.4 Å². The van der Waals surface area contributed by atoms with E-state index in [9.17, 15) is 14.7 Å². The number of thiocarbonyl (C=S) groups is 1. The zero-order valence-corrected chi connectivity index (χ0v) is 18.0. The van der Waals surface area contributed by atoms with E-state index in [1.54, 1.807) is 44.4 Å². The summed E-state index contributed by atoms with van der Waals surface area (Å²) in [5.74, 6) is -0.361. The molecule has 0 spiro atoms. The summed E-state index contributed by atoms with van der Waals surface area (Å²) in [5.41, 5.74) is 0.877. The van der Waals surface area contributed by atoms with Gasteiger partial charge in [0.2, 0.25) is 0 Å². The highest BCUT2D eigenvalue weighted by Gasteiger charge is 2.34. The van der Waals surface area contributed by atoms with Crippen LogP contribution in [0, 0.1) is 0 Å². The van der Waals surface area contributed by atoms with Gasteiger partial charge in [0.25, 0.3) is 11.8 Å². The molecule has 1 aliphatic heterocycles. The molecule has 0 bridgehead atoms. The maximum absolute atomic E-state index is 13.1. The summed E-state index contributed by atoms with van der Waals surface area (Å²) < 4.78 is 11.0. The Morgan fingerprint density at radius 2 is 1.93 bits per heavy atom. The molecule has 1 saturated heterocycles. The minimum Gasteiger partial charge on any atom is -0.504 e. The molecule has 29 heavy (non-hydrogen) atoms. The van der Waals surface area contributed by atoms with Crippen molar-refractivity contribution in [1.82, 2.24) is 5.32 Å². The van der Waals surface area contributed by atoms with Crippen molar-refractivity contribution in [3.8, 4) is 17.2 Å². The number of phenols is 1. The second kappa shape index (κ2) is 8.62. The molecule has 1 aliphatic rings. The topological polar surface area (TPSA) is 88.1 Å². The first kappa shape index (κ1) is 20.8. The molecule has 1 heterocycles. The molecule has 0 aromatic heterocycles. The monoisotopic (exact) mass is 476 g/mol. The third-order valence-corrected chi connectivity index (χ3v) is 5.08. The number of methoxy groups -OCH3 is 1. The van der Waals surface area contributed by atoms with Crippen molar-refractivity contribution in [2.45, 2.75) is 6.92 Å². The number of carbonyl (C=O) groups is 2. The second-order valence-electron chi connectivity index (χ2n) is 5.93. The molecule has 0 saturated carbocycles. The Labute approximate surface area is 181 Å². The van der Waals surface area contributed by atoms with Gasteiger partial charge in [0.1, 0.15) is 11.3 Å². The van der Waals surface area contributed by atoms with Crippen LogP contribution in [0.3, 0.4) is 0 Å². The number of carbonyl (C=O) groups excluding carboxylic acids is 2. The number of rotatable bonds is 5. The SMILES string of the molecule is CCOc1cc(/C=C2/C(=O)NC(=S)N(c3ccc(OC)cc3)C2=O)c(Br)cc1O. The molecule has 0 unspecified atom stereocenters. The van der Waals surface area contributed by atoms with Crippen molar-refractivity contribution < 1.29 is 24.2 Å². The van der Waals surface area contributed by atoms with E-state index in [0.717, 1.165) is 0 Å². The normalized spacial score (nSPS) is 15.5. The standard InChI is InChI=1S/C20H17BrN2O5S/c1-3-28-17-9-11(15(21)10-16(17)24)8-14-18(25)22-20(29)23(19(14)26)12-4-6-13(27-2)7-5-12/h4-10,24H,3H2,1-2H3,(H,22,25,29)/b14-8-. The van der Waals surface area contributed by atoms with Crippen molar-refractivity contribution >= 4 is 56.8 Å². The number of anilines is 1. The van der Waals surface area contributed by atoms with Crippen LogP contribution in [0.4, 0.5) is 5.69 Å². The van der Waals surface area contributed by atoms with Crippen LogP contribution in [-0.4, -0.2) is 35.8 Å². The van der Waals surface area contributed by atoms with E-state index in [2.05, 4.69) is 21.2 Å². The Morgan fingerprint density at radius 3 is 2.55 bits per heavy atom. The predicted molar refractivity (Wildman–Crippen MR) is 116 cm³/mol. The quantitative estimate of drug-likeness (QED) is 0.390. The predicted octanol–water partition coefficient (Wildman–Crippen LogP) is 3.39. The first-order valence-corrected chi connectivity index (χ1v) is 9.76. The van der Waals surface area contributed by atoms with E-state index < -0.39 is 11.8 Å². The minimum absolute atomic E-state index is 0.0120. The lowest BCUT2D eigenvalue weighted by Crippen LogP contribution is -2.54. The molecule has 3 rings (SSSR count). The van der Waals surface area contributed by atoms with E-state index in [4.69, 9.17) is 21.7 Å². The summed E-state index contributed by atoms with van der Waals surface area (Å²) >= 11 is 8.52. The number of ether oxygens (including phenoxy) is 2. The van der Waals surface area contributed by atoms with Crippen molar-refractivity contribution in [1.29, 1.82) is 0 Å². The number of nitrogens with one attached hydrogen (secondary N) is 1. The highest BCUT2D eigenvalue weighted by atomic mass is 79.9. The molecule has 150 valence electrons. The minimum atomic E-state index is -0.609. The van der Waals surface area contributed by atoms with Crippen LogP contribution in [0.1, 0.15) is 12.5 Å². The van der Waals surface area contributed by atoms with E-state index in [1.165, 1.54) is 17.0 Å². The Bertz CT molecular complexity index is 1020. The van der Waals surface area contributed by atoms with Gasteiger partial charge in [0, 0.05) is 4.47 Å². The summed E-state index contributed by atoms with van der Waals surface area (Å²) in [6, 6.07) is 9.70. The van der Waals surface area contributed by atoms with E-state index in [0.29, 0.717) is 28.1 Å². The second-order valence-corrected chi connectivity index (χ2v) is 7.17. The molecule has 2 amide bonds. The molecular weight excluding hydrogens is 460 g/mol. The zero-order chi connectivity index (χ0) is 21.1. The van der Waals surface area contributed by atoms with E-state index >= 15 is 0 Å². The Kier molecular flexibility index (Phi) is 6.19. The molecule has 1 fully saturated rings. The molecule has 9 heteroatoms. The largest absolute Gasteiger partial charge is 0.504 e. The fourth-order valence-electron chi connectivity index (χ4n) is 2.72. The number of hydrogen-bond donors (Lipinski definition) is 2. The van der Waals surface area contributed by atoms with Crippen LogP contribution in [0.15, 0.2) is 46.4 Å². The van der Waals surface area contributed by atoms with Crippen molar-refractivity contribution in [3.05, 3.63) is 52.0 Å². The molecule has 0 radical (unpaired) electrons. The number of nitrogens with zero attached hydrogens (tertiary/aromatic N) is 1. The summed E-state index contributed by atoms with van der Waals surface area (Å²) in [6.07, 6.45) is 1.42. The van der Waals surface area contributed by atoms with E-state index in [1.807, 2.05) is 0 Å². The van der Waals surface area contributed by atoms with Gasteiger partial charge in [-0.1, -0.05) is 15.9 Å². The summed E-state index contributed by atoms with van der Waals surface area (Å²) in [5, 5.41) is 12.5. The lowest BCUT2D eigenvalue weighted by atomic mass is 10.1. The van der Waals surface area contributed by atoms with E-state index in [-0.39, 0.29) is 22.2 Å².